The monoisotopic (exact) mass is 525 g/mol. The highest BCUT2D eigenvalue weighted by Gasteiger charge is 2.44. The van der Waals surface area contributed by atoms with E-state index in [1.54, 1.807) is 20.4 Å². The summed E-state index contributed by atoms with van der Waals surface area (Å²) in [6.07, 6.45) is 4.66. The van der Waals surface area contributed by atoms with Gasteiger partial charge in [-0.2, -0.15) is 0 Å². The van der Waals surface area contributed by atoms with Gasteiger partial charge in [0.2, 0.25) is 0 Å². The number of hydrogen-bond donors (Lipinski definition) is 3. The summed E-state index contributed by atoms with van der Waals surface area (Å²) >= 11 is 0. The quantitative estimate of drug-likeness (QED) is 0.347. The smallest absolute Gasteiger partial charge is 0.258 e. The number of anilines is 2. The zero-order valence-electron chi connectivity index (χ0n) is 22.4. The van der Waals surface area contributed by atoms with Crippen LogP contribution in [0.25, 0.3) is 0 Å². The van der Waals surface area contributed by atoms with E-state index >= 15 is 0 Å². The summed E-state index contributed by atoms with van der Waals surface area (Å²) in [5.41, 5.74) is 10.8. The maximum Gasteiger partial charge on any atom is 0.258 e. The van der Waals surface area contributed by atoms with Crippen molar-refractivity contribution in [2.24, 2.45) is 5.92 Å². The Morgan fingerprint density at radius 1 is 1.10 bits per heavy atom. The van der Waals surface area contributed by atoms with Crippen molar-refractivity contribution in [1.29, 1.82) is 0 Å². The molecule has 8 heteroatoms. The third-order valence-corrected chi connectivity index (χ3v) is 7.53. The number of hydrogen-bond acceptors (Lipinski definition) is 7. The Bertz CT molecular complexity index is 1390. The third-order valence-electron chi connectivity index (χ3n) is 7.53. The van der Waals surface area contributed by atoms with E-state index in [-0.39, 0.29) is 17.9 Å². The summed E-state index contributed by atoms with van der Waals surface area (Å²) in [7, 11) is 3.27. The van der Waals surface area contributed by atoms with E-state index in [2.05, 4.69) is 22.2 Å². The number of nitrogen functional groups attached to an aromatic ring is 1. The van der Waals surface area contributed by atoms with Gasteiger partial charge in [0.15, 0.2) is 0 Å². The lowest BCUT2D eigenvalue weighted by Crippen LogP contribution is -2.50. The molecule has 1 aromatic heterocycles. The van der Waals surface area contributed by atoms with Crippen molar-refractivity contribution in [3.05, 3.63) is 102 Å². The molecule has 1 saturated carbocycles. The molecule has 8 nitrogen and oxygen atoms in total. The first-order valence-corrected chi connectivity index (χ1v) is 13.2. The van der Waals surface area contributed by atoms with Gasteiger partial charge < -0.3 is 30.7 Å². The Balaban J connectivity index is 1.51. The molecule has 4 N–H and O–H groups in total. The summed E-state index contributed by atoms with van der Waals surface area (Å²) in [5, 5.41) is 6.98. The number of pyridine rings is 1. The summed E-state index contributed by atoms with van der Waals surface area (Å²) in [6.45, 7) is 5.30. The molecule has 3 aromatic rings. The molecule has 39 heavy (non-hydrogen) atoms. The van der Waals surface area contributed by atoms with E-state index in [4.69, 9.17) is 15.2 Å². The number of nitrogens with one attached hydrogen (secondary N) is 2. The summed E-state index contributed by atoms with van der Waals surface area (Å²) < 4.78 is 11.0. The van der Waals surface area contributed by atoms with Crippen LogP contribution in [0.1, 0.15) is 30.4 Å². The average Bonchev–Trinajstić information content (AvgIpc) is 3.44. The lowest BCUT2D eigenvalue weighted by atomic mass is 9.87. The number of methoxy groups -OCH3 is 2. The number of ether oxygens (including phenoxy) is 2. The second-order valence-corrected chi connectivity index (χ2v) is 9.92. The van der Waals surface area contributed by atoms with Crippen LogP contribution < -0.4 is 25.8 Å². The Labute approximate surface area is 229 Å². The Morgan fingerprint density at radius 3 is 2.67 bits per heavy atom. The van der Waals surface area contributed by atoms with Gasteiger partial charge in [-0.05, 0) is 54.8 Å². The van der Waals surface area contributed by atoms with Crippen LogP contribution >= 0.6 is 0 Å². The van der Waals surface area contributed by atoms with Gasteiger partial charge in [0.05, 0.1) is 19.8 Å². The minimum absolute atomic E-state index is 0.0544. The third kappa shape index (κ3) is 5.55. The molecule has 0 bridgehead atoms. The van der Waals surface area contributed by atoms with Gasteiger partial charge >= 0.3 is 0 Å². The highest BCUT2D eigenvalue weighted by Crippen LogP contribution is 2.43. The van der Waals surface area contributed by atoms with Crippen LogP contribution in [0.15, 0.2) is 90.4 Å². The van der Waals surface area contributed by atoms with Crippen molar-refractivity contribution in [3.8, 4) is 11.5 Å². The molecule has 2 aromatic carbocycles. The number of aromatic nitrogens is 1. The first-order valence-electron chi connectivity index (χ1n) is 13.2. The highest BCUT2D eigenvalue weighted by molar-refractivity contribution is 6.00. The lowest BCUT2D eigenvalue weighted by molar-refractivity contribution is -0.131. The number of para-hydroxylation sites is 1. The topological polar surface area (TPSA) is 102 Å². The molecule has 1 aliphatic heterocycles. The van der Waals surface area contributed by atoms with Crippen LogP contribution in [-0.4, -0.2) is 36.1 Å². The van der Waals surface area contributed by atoms with Gasteiger partial charge in [0, 0.05) is 60.0 Å². The second kappa shape index (κ2) is 11.5. The fourth-order valence-electron chi connectivity index (χ4n) is 5.67. The van der Waals surface area contributed by atoms with E-state index in [0.29, 0.717) is 41.7 Å². The fourth-order valence-corrected chi connectivity index (χ4v) is 5.67. The molecule has 2 aliphatic rings. The maximum atomic E-state index is 14.3. The van der Waals surface area contributed by atoms with Crippen LogP contribution in [0.5, 0.6) is 11.5 Å². The van der Waals surface area contributed by atoms with Gasteiger partial charge in [-0.25, -0.2) is 4.98 Å². The van der Waals surface area contributed by atoms with Gasteiger partial charge in [0.1, 0.15) is 17.3 Å². The molecular weight excluding hydrogens is 490 g/mol. The number of nitrogens with two attached hydrogens (primary N) is 1. The molecule has 2 atom stereocenters. The van der Waals surface area contributed by atoms with Crippen molar-refractivity contribution in [1.82, 2.24) is 15.2 Å². The Hall–Kier alpha value is -4.46. The van der Waals surface area contributed by atoms with Gasteiger partial charge in [-0.3, -0.25) is 4.79 Å². The van der Waals surface area contributed by atoms with E-state index in [1.807, 2.05) is 65.6 Å². The Morgan fingerprint density at radius 2 is 1.92 bits per heavy atom. The fraction of sp³-hybridized carbons (Fsp3) is 0.290. The number of nitrogens with zero attached hydrogens (tertiary/aromatic N) is 2. The molecule has 1 amide bonds. The molecule has 1 fully saturated rings. The zero-order chi connectivity index (χ0) is 27.4. The minimum atomic E-state index is -0.0544. The van der Waals surface area contributed by atoms with Gasteiger partial charge in [-0.15, -0.1) is 0 Å². The van der Waals surface area contributed by atoms with Gasteiger partial charge in [0.25, 0.3) is 5.91 Å². The van der Waals surface area contributed by atoms with Crippen LogP contribution in [0, 0.1) is 5.92 Å². The second-order valence-electron chi connectivity index (χ2n) is 9.92. The van der Waals surface area contributed by atoms with Crippen molar-refractivity contribution in [2.75, 3.05) is 25.3 Å². The first kappa shape index (κ1) is 26.2. The van der Waals surface area contributed by atoms with E-state index in [0.717, 1.165) is 41.8 Å². The van der Waals surface area contributed by atoms with Crippen molar-refractivity contribution in [2.45, 2.75) is 38.4 Å². The SMILES string of the molecule is C=C(Nc1ccccc1)C1=C(NCc2ccnc(N)c2)[C@H]2CCC[C@H]2N(Cc2ccc(OC)cc2OC)C1=O. The van der Waals surface area contributed by atoms with Crippen molar-refractivity contribution in [3.63, 3.8) is 0 Å². The molecule has 1 aliphatic carbocycles. The van der Waals surface area contributed by atoms with Crippen LogP contribution in [-0.2, 0) is 17.9 Å². The number of fused-ring (bicyclic) bond motifs is 1. The predicted molar refractivity (Wildman–Crippen MR) is 153 cm³/mol. The van der Waals surface area contributed by atoms with E-state index < -0.39 is 0 Å². The zero-order valence-corrected chi connectivity index (χ0v) is 22.4. The normalized spacial score (nSPS) is 18.5. The average molecular weight is 526 g/mol. The Kier molecular flexibility index (Phi) is 7.72. The highest BCUT2D eigenvalue weighted by atomic mass is 16.5. The van der Waals surface area contributed by atoms with Crippen LogP contribution in [0.2, 0.25) is 0 Å². The maximum absolute atomic E-state index is 14.3. The molecule has 0 radical (unpaired) electrons. The number of amides is 1. The summed E-state index contributed by atoms with van der Waals surface area (Å²) in [5.74, 6) is 1.99. The van der Waals surface area contributed by atoms with Gasteiger partial charge in [-0.1, -0.05) is 31.2 Å². The molecule has 2 heterocycles. The lowest BCUT2D eigenvalue weighted by Gasteiger charge is -2.41. The van der Waals surface area contributed by atoms with Crippen LogP contribution in [0.4, 0.5) is 11.5 Å². The standard InChI is InChI=1S/C31H35N5O3/c1-20(35-23-8-5-4-6-9-23)29-30(34-18-21-14-15-33-28(32)16-21)25-10-7-11-26(25)36(31(29)37)19-22-12-13-24(38-2)17-27(22)39-3/h4-6,8-9,12-17,25-26,34-35H,1,7,10-11,18-19H2,2-3H3,(H2,32,33)/t25-,26+/m0/s1. The number of carbonyl (C=O) groups excluding carboxylic acids is 1. The van der Waals surface area contributed by atoms with E-state index in [9.17, 15) is 4.79 Å². The molecule has 0 unspecified atom stereocenters. The first-order chi connectivity index (χ1) is 19.0. The molecule has 0 saturated heterocycles. The largest absolute Gasteiger partial charge is 0.497 e. The number of benzene rings is 2. The molecule has 202 valence electrons. The summed E-state index contributed by atoms with van der Waals surface area (Å²) in [6, 6.07) is 19.4. The summed E-state index contributed by atoms with van der Waals surface area (Å²) in [4.78, 5) is 20.4. The van der Waals surface area contributed by atoms with E-state index in [1.165, 1.54) is 0 Å². The molecular formula is C31H35N5O3. The van der Waals surface area contributed by atoms with Crippen molar-refractivity contribution >= 4 is 17.4 Å². The minimum Gasteiger partial charge on any atom is -0.497 e. The van der Waals surface area contributed by atoms with Crippen molar-refractivity contribution < 1.29 is 14.3 Å². The number of carbonyl (C=O) groups is 1. The molecule has 5 rings (SSSR count). The predicted octanol–water partition coefficient (Wildman–Crippen LogP) is 4.86. The number of rotatable bonds is 10. The molecule has 0 spiro atoms. The van der Waals surface area contributed by atoms with Crippen LogP contribution in [0.3, 0.4) is 0 Å².